The molecule has 1 heterocycles. The molecule has 4 heteroatoms. The first kappa shape index (κ1) is 10.5. The van der Waals surface area contributed by atoms with Gasteiger partial charge in [0, 0.05) is 30.7 Å². The van der Waals surface area contributed by atoms with Gasteiger partial charge in [0.25, 0.3) is 0 Å². The van der Waals surface area contributed by atoms with Gasteiger partial charge in [-0.15, -0.1) is 0 Å². The van der Waals surface area contributed by atoms with Crippen LogP contribution in [0.5, 0.6) is 5.75 Å². The minimum absolute atomic E-state index is 0.257. The van der Waals surface area contributed by atoms with Gasteiger partial charge in [-0.25, -0.2) is 4.39 Å². The fraction of sp³-hybridized carbons (Fsp3) is 0.167. The first-order valence-corrected chi connectivity index (χ1v) is 4.98. The van der Waals surface area contributed by atoms with Gasteiger partial charge >= 0.3 is 0 Å². The Morgan fingerprint density at radius 2 is 2.25 bits per heavy atom. The van der Waals surface area contributed by atoms with E-state index in [1.807, 2.05) is 18.5 Å². The summed E-state index contributed by atoms with van der Waals surface area (Å²) >= 11 is 0. The number of rotatable bonds is 4. The number of benzene rings is 1. The molecule has 2 N–H and O–H groups in total. The summed E-state index contributed by atoms with van der Waals surface area (Å²) in [6.07, 6.45) is 3.75. The number of H-pyrrole nitrogens is 1. The normalized spacial score (nSPS) is 10.1. The molecule has 0 saturated heterocycles. The number of nitrogens with one attached hydrogen (secondary N) is 2. The minimum Gasteiger partial charge on any atom is -0.494 e. The number of methoxy groups -OCH3 is 1. The Morgan fingerprint density at radius 3 is 2.88 bits per heavy atom. The lowest BCUT2D eigenvalue weighted by molar-refractivity contribution is 0.386. The highest BCUT2D eigenvalue weighted by atomic mass is 19.1. The van der Waals surface area contributed by atoms with Crippen LogP contribution in [0.4, 0.5) is 10.1 Å². The Kier molecular flexibility index (Phi) is 3.10. The molecule has 3 nitrogen and oxygen atoms in total. The first-order chi connectivity index (χ1) is 7.79. The number of anilines is 1. The fourth-order valence-corrected chi connectivity index (χ4v) is 1.45. The molecule has 0 aliphatic rings. The summed E-state index contributed by atoms with van der Waals surface area (Å²) in [5, 5.41) is 3.12. The van der Waals surface area contributed by atoms with Gasteiger partial charge in [0.05, 0.1) is 7.11 Å². The highest BCUT2D eigenvalue weighted by Crippen LogP contribution is 2.20. The van der Waals surface area contributed by atoms with Crippen LogP contribution >= 0.6 is 0 Å². The van der Waals surface area contributed by atoms with E-state index in [-0.39, 0.29) is 11.6 Å². The fourth-order valence-electron chi connectivity index (χ4n) is 1.45. The Labute approximate surface area is 93.3 Å². The van der Waals surface area contributed by atoms with Crippen molar-refractivity contribution < 1.29 is 9.13 Å². The van der Waals surface area contributed by atoms with Gasteiger partial charge in [0.15, 0.2) is 11.6 Å². The van der Waals surface area contributed by atoms with Gasteiger partial charge in [0.2, 0.25) is 0 Å². The second-order valence-corrected chi connectivity index (χ2v) is 3.42. The van der Waals surface area contributed by atoms with Gasteiger partial charge in [-0.1, -0.05) is 0 Å². The second kappa shape index (κ2) is 4.70. The molecule has 2 rings (SSSR count). The molecule has 0 fully saturated rings. The Morgan fingerprint density at radius 1 is 1.38 bits per heavy atom. The number of ether oxygens (including phenoxy) is 1. The molecule has 0 aliphatic heterocycles. The van der Waals surface area contributed by atoms with E-state index in [0.29, 0.717) is 6.54 Å². The van der Waals surface area contributed by atoms with Gasteiger partial charge in [-0.2, -0.15) is 0 Å². The highest BCUT2D eigenvalue weighted by Gasteiger charge is 2.02. The van der Waals surface area contributed by atoms with E-state index >= 15 is 0 Å². The monoisotopic (exact) mass is 220 g/mol. The van der Waals surface area contributed by atoms with E-state index in [4.69, 9.17) is 4.74 Å². The molecule has 0 aliphatic carbocycles. The maximum atomic E-state index is 13.3. The summed E-state index contributed by atoms with van der Waals surface area (Å²) in [5.41, 5.74) is 1.86. The molecule has 0 bridgehead atoms. The van der Waals surface area contributed by atoms with Crippen molar-refractivity contribution in [1.29, 1.82) is 0 Å². The number of hydrogen-bond acceptors (Lipinski definition) is 2. The van der Waals surface area contributed by atoms with Gasteiger partial charge < -0.3 is 15.0 Å². The van der Waals surface area contributed by atoms with Crippen molar-refractivity contribution in [3.05, 3.63) is 48.0 Å². The first-order valence-electron chi connectivity index (χ1n) is 4.98. The number of aromatic nitrogens is 1. The van der Waals surface area contributed by atoms with Crippen LogP contribution in [0.1, 0.15) is 5.56 Å². The van der Waals surface area contributed by atoms with Crippen molar-refractivity contribution in [3.63, 3.8) is 0 Å². The Bertz CT molecular complexity index is 454. The van der Waals surface area contributed by atoms with Crippen molar-refractivity contribution in [3.8, 4) is 5.75 Å². The molecule has 0 amide bonds. The van der Waals surface area contributed by atoms with E-state index in [0.717, 1.165) is 11.3 Å². The molecular formula is C12H13FN2O. The number of halogens is 1. The summed E-state index contributed by atoms with van der Waals surface area (Å²) in [7, 11) is 1.45. The summed E-state index contributed by atoms with van der Waals surface area (Å²) in [6, 6.07) is 6.78. The second-order valence-electron chi connectivity index (χ2n) is 3.42. The van der Waals surface area contributed by atoms with Crippen LogP contribution in [-0.4, -0.2) is 12.1 Å². The average molecular weight is 220 g/mol. The highest BCUT2D eigenvalue weighted by molar-refractivity contribution is 5.47. The van der Waals surface area contributed by atoms with Crippen LogP contribution in [-0.2, 0) is 6.54 Å². The Hall–Kier alpha value is -1.97. The molecule has 0 atom stereocenters. The number of aromatic amines is 1. The third-order valence-electron chi connectivity index (χ3n) is 2.31. The van der Waals surface area contributed by atoms with Crippen LogP contribution in [0.25, 0.3) is 0 Å². The maximum Gasteiger partial charge on any atom is 0.167 e. The van der Waals surface area contributed by atoms with Crippen LogP contribution in [0, 0.1) is 5.82 Å². The molecule has 0 radical (unpaired) electrons. The third kappa shape index (κ3) is 2.34. The summed E-state index contributed by atoms with van der Waals surface area (Å²) in [6.45, 7) is 0.662. The zero-order chi connectivity index (χ0) is 11.4. The molecule has 0 unspecified atom stereocenters. The van der Waals surface area contributed by atoms with Crippen LogP contribution in [0.2, 0.25) is 0 Å². The predicted molar refractivity (Wildman–Crippen MR) is 61.1 cm³/mol. The topological polar surface area (TPSA) is 37.0 Å². The predicted octanol–water partition coefficient (Wildman–Crippen LogP) is 2.77. The van der Waals surface area contributed by atoms with E-state index in [9.17, 15) is 4.39 Å². The molecule has 1 aromatic carbocycles. The molecule has 2 aromatic rings. The van der Waals surface area contributed by atoms with Crippen LogP contribution in [0.15, 0.2) is 36.7 Å². The van der Waals surface area contributed by atoms with Crippen LogP contribution in [0.3, 0.4) is 0 Å². The van der Waals surface area contributed by atoms with E-state index in [1.54, 1.807) is 12.1 Å². The largest absolute Gasteiger partial charge is 0.494 e. The van der Waals surface area contributed by atoms with E-state index in [2.05, 4.69) is 10.3 Å². The lowest BCUT2D eigenvalue weighted by atomic mass is 10.2. The lowest BCUT2D eigenvalue weighted by Crippen LogP contribution is -1.99. The molecule has 0 spiro atoms. The van der Waals surface area contributed by atoms with Gasteiger partial charge in [-0.05, 0) is 23.8 Å². The quantitative estimate of drug-likeness (QED) is 0.831. The van der Waals surface area contributed by atoms with E-state index < -0.39 is 0 Å². The van der Waals surface area contributed by atoms with Crippen molar-refractivity contribution in [2.75, 3.05) is 12.4 Å². The third-order valence-corrected chi connectivity index (χ3v) is 2.31. The summed E-state index contributed by atoms with van der Waals surface area (Å²) in [5.74, 6) is -0.103. The summed E-state index contributed by atoms with van der Waals surface area (Å²) in [4.78, 5) is 2.96. The van der Waals surface area contributed by atoms with Crippen LogP contribution < -0.4 is 10.1 Å². The lowest BCUT2D eigenvalue weighted by Gasteiger charge is -2.07. The zero-order valence-corrected chi connectivity index (χ0v) is 8.96. The smallest absolute Gasteiger partial charge is 0.167 e. The molecule has 16 heavy (non-hydrogen) atoms. The van der Waals surface area contributed by atoms with Crippen molar-refractivity contribution in [1.82, 2.24) is 4.98 Å². The SMILES string of the molecule is COc1ccc(NCc2cc[nH]c2)cc1F. The van der Waals surface area contributed by atoms with E-state index in [1.165, 1.54) is 13.2 Å². The van der Waals surface area contributed by atoms with Crippen molar-refractivity contribution >= 4 is 5.69 Å². The zero-order valence-electron chi connectivity index (χ0n) is 8.96. The minimum atomic E-state index is -0.360. The maximum absolute atomic E-state index is 13.3. The Balaban J connectivity index is 2.02. The summed E-state index contributed by atoms with van der Waals surface area (Å²) < 4.78 is 18.2. The van der Waals surface area contributed by atoms with Crippen molar-refractivity contribution in [2.24, 2.45) is 0 Å². The van der Waals surface area contributed by atoms with Gasteiger partial charge in [0.1, 0.15) is 0 Å². The molecule has 0 saturated carbocycles. The molecule has 1 aromatic heterocycles. The molecular weight excluding hydrogens is 207 g/mol. The van der Waals surface area contributed by atoms with Crippen molar-refractivity contribution in [2.45, 2.75) is 6.54 Å². The molecule has 84 valence electrons. The van der Waals surface area contributed by atoms with Gasteiger partial charge in [-0.3, -0.25) is 0 Å². The number of hydrogen-bond donors (Lipinski definition) is 2. The average Bonchev–Trinajstić information content (AvgIpc) is 2.79. The standard InChI is InChI=1S/C12H13FN2O/c1-16-12-3-2-10(6-11(12)13)15-8-9-4-5-14-7-9/h2-7,14-15H,8H2,1H3.